The lowest BCUT2D eigenvalue weighted by Gasteiger charge is -2.32. The van der Waals surface area contributed by atoms with Gasteiger partial charge in [-0.2, -0.15) is 0 Å². The number of nitrogens with one attached hydrogen (secondary N) is 2. The summed E-state index contributed by atoms with van der Waals surface area (Å²) >= 11 is 0. The smallest absolute Gasteiger partial charge is 0.222 e. The fourth-order valence-corrected chi connectivity index (χ4v) is 5.31. The predicted molar refractivity (Wildman–Crippen MR) is 137 cm³/mol. The third kappa shape index (κ3) is 4.20. The molecule has 3 heterocycles. The van der Waals surface area contributed by atoms with Crippen LogP contribution in [0.25, 0.3) is 33.2 Å². The number of halogens is 1. The van der Waals surface area contributed by atoms with Crippen molar-refractivity contribution in [3.8, 4) is 11.3 Å². The van der Waals surface area contributed by atoms with Gasteiger partial charge in [0.05, 0.1) is 11.0 Å². The number of benzene rings is 3. The van der Waals surface area contributed by atoms with Gasteiger partial charge in [0, 0.05) is 42.0 Å². The van der Waals surface area contributed by atoms with Crippen molar-refractivity contribution in [3.05, 3.63) is 90.0 Å². The zero-order chi connectivity index (χ0) is 23.8. The van der Waals surface area contributed by atoms with Gasteiger partial charge in [0.25, 0.3) is 0 Å². The van der Waals surface area contributed by atoms with Crippen LogP contribution in [0.3, 0.4) is 0 Å². The van der Waals surface area contributed by atoms with Gasteiger partial charge in [0.1, 0.15) is 11.6 Å². The van der Waals surface area contributed by atoms with Crippen molar-refractivity contribution in [2.24, 2.45) is 0 Å². The van der Waals surface area contributed by atoms with Gasteiger partial charge in [-0.15, -0.1) is 0 Å². The van der Waals surface area contributed by atoms with Crippen LogP contribution in [0, 0.1) is 5.82 Å². The Balaban J connectivity index is 1.21. The van der Waals surface area contributed by atoms with E-state index in [0.717, 1.165) is 64.0 Å². The Morgan fingerprint density at radius 1 is 0.971 bits per heavy atom. The largest absolute Gasteiger partial charge is 0.354 e. The molecule has 5 nitrogen and oxygen atoms in total. The minimum absolute atomic E-state index is 0.168. The first-order valence-electron chi connectivity index (χ1n) is 12.2. The zero-order valence-electron chi connectivity index (χ0n) is 19.4. The van der Waals surface area contributed by atoms with Crippen LogP contribution in [0.2, 0.25) is 0 Å². The maximum atomic E-state index is 13.5. The molecule has 1 amide bonds. The second kappa shape index (κ2) is 9.02. The molecule has 1 aliphatic heterocycles. The van der Waals surface area contributed by atoms with E-state index < -0.39 is 0 Å². The van der Waals surface area contributed by atoms with E-state index in [9.17, 15) is 9.18 Å². The Morgan fingerprint density at radius 2 is 1.74 bits per heavy atom. The highest BCUT2D eigenvalue weighted by Crippen LogP contribution is 2.32. The molecular formula is C29H27FN4O. The number of rotatable bonds is 5. The Bertz CT molecular complexity index is 1470. The summed E-state index contributed by atoms with van der Waals surface area (Å²) in [4.78, 5) is 27.0. The van der Waals surface area contributed by atoms with Gasteiger partial charge < -0.3 is 14.9 Å². The normalized spacial score (nSPS) is 16.3. The number of hydrogen-bond acceptors (Lipinski definition) is 2. The van der Waals surface area contributed by atoms with Crippen molar-refractivity contribution in [1.29, 1.82) is 0 Å². The van der Waals surface area contributed by atoms with E-state index in [1.54, 1.807) is 12.1 Å². The third-order valence-corrected chi connectivity index (χ3v) is 7.10. The number of aryl methyl sites for hydroxylation is 1. The number of H-pyrrole nitrogens is 2. The van der Waals surface area contributed by atoms with Gasteiger partial charge in [-0.3, -0.25) is 4.79 Å². The quantitative estimate of drug-likeness (QED) is 0.324. The monoisotopic (exact) mass is 466 g/mol. The number of para-hydroxylation sites is 3. The number of aromatic nitrogens is 3. The van der Waals surface area contributed by atoms with Crippen LogP contribution >= 0.6 is 0 Å². The summed E-state index contributed by atoms with van der Waals surface area (Å²) in [6.45, 7) is 1.48. The standard InChI is InChI=1S/C29H27FN4O/c30-21-13-11-19(12-14-21)28-23(22-7-1-2-8-24(22)31-28)15-16-27(35)34-17-5-6-20(18-34)29-32-25-9-3-4-10-26(25)33-29/h1-4,7-14,20,31H,5-6,15-18H2,(H,32,33). The number of imidazole rings is 1. The Hall–Kier alpha value is -3.93. The first kappa shape index (κ1) is 21.6. The van der Waals surface area contributed by atoms with Gasteiger partial charge >= 0.3 is 0 Å². The second-order valence-electron chi connectivity index (χ2n) is 9.35. The van der Waals surface area contributed by atoms with Crippen LogP contribution in [0.4, 0.5) is 4.39 Å². The molecule has 0 spiro atoms. The van der Waals surface area contributed by atoms with Gasteiger partial charge in [-0.05, 0) is 72.9 Å². The van der Waals surface area contributed by atoms with Crippen LogP contribution in [0.15, 0.2) is 72.8 Å². The van der Waals surface area contributed by atoms with E-state index >= 15 is 0 Å². The van der Waals surface area contributed by atoms with E-state index in [-0.39, 0.29) is 17.6 Å². The van der Waals surface area contributed by atoms with Gasteiger partial charge in [0.2, 0.25) is 5.91 Å². The molecule has 1 aliphatic rings. The van der Waals surface area contributed by atoms with E-state index in [2.05, 4.69) is 16.0 Å². The molecule has 0 saturated carbocycles. The summed E-state index contributed by atoms with van der Waals surface area (Å²) < 4.78 is 13.5. The average Bonchev–Trinajstić information content (AvgIpc) is 3.50. The number of piperidine rings is 1. The number of amides is 1. The van der Waals surface area contributed by atoms with E-state index in [1.165, 1.54) is 12.1 Å². The maximum Gasteiger partial charge on any atom is 0.222 e. The van der Waals surface area contributed by atoms with Crippen molar-refractivity contribution in [1.82, 2.24) is 19.9 Å². The summed E-state index contributed by atoms with van der Waals surface area (Å²) in [6.07, 6.45) is 3.06. The fourth-order valence-electron chi connectivity index (χ4n) is 5.31. The van der Waals surface area contributed by atoms with E-state index in [4.69, 9.17) is 4.98 Å². The predicted octanol–water partition coefficient (Wildman–Crippen LogP) is 6.19. The minimum Gasteiger partial charge on any atom is -0.354 e. The number of carbonyl (C=O) groups excluding carboxylic acids is 1. The van der Waals surface area contributed by atoms with Crippen molar-refractivity contribution < 1.29 is 9.18 Å². The Morgan fingerprint density at radius 3 is 2.57 bits per heavy atom. The number of nitrogens with zero attached hydrogens (tertiary/aromatic N) is 2. The molecule has 0 bridgehead atoms. The molecule has 1 unspecified atom stereocenters. The highest BCUT2D eigenvalue weighted by molar-refractivity contribution is 5.91. The topological polar surface area (TPSA) is 64.8 Å². The molecule has 3 aromatic carbocycles. The number of fused-ring (bicyclic) bond motifs is 2. The Labute approximate surface area is 203 Å². The lowest BCUT2D eigenvalue weighted by molar-refractivity contribution is -0.132. The highest BCUT2D eigenvalue weighted by Gasteiger charge is 2.27. The molecule has 0 aliphatic carbocycles. The van der Waals surface area contributed by atoms with Gasteiger partial charge in [0.15, 0.2) is 0 Å². The van der Waals surface area contributed by atoms with Gasteiger partial charge in [-0.1, -0.05) is 30.3 Å². The van der Waals surface area contributed by atoms with E-state index in [0.29, 0.717) is 19.4 Å². The van der Waals surface area contributed by atoms with Crippen LogP contribution in [-0.4, -0.2) is 38.8 Å². The maximum absolute atomic E-state index is 13.5. The molecule has 6 heteroatoms. The molecule has 1 fully saturated rings. The third-order valence-electron chi connectivity index (χ3n) is 7.10. The lowest BCUT2D eigenvalue weighted by atomic mass is 9.96. The summed E-state index contributed by atoms with van der Waals surface area (Å²) in [5, 5.41) is 1.11. The number of carbonyl (C=O) groups is 1. The molecule has 0 radical (unpaired) electrons. The second-order valence-corrected chi connectivity index (χ2v) is 9.35. The molecule has 1 atom stereocenters. The number of aromatic amines is 2. The van der Waals surface area contributed by atoms with Crippen LogP contribution < -0.4 is 0 Å². The number of hydrogen-bond donors (Lipinski definition) is 2. The first-order chi connectivity index (χ1) is 17.2. The molecule has 176 valence electrons. The highest BCUT2D eigenvalue weighted by atomic mass is 19.1. The van der Waals surface area contributed by atoms with Crippen molar-refractivity contribution in [3.63, 3.8) is 0 Å². The Kier molecular flexibility index (Phi) is 5.57. The molecule has 1 saturated heterocycles. The van der Waals surface area contributed by atoms with Crippen LogP contribution in [0.5, 0.6) is 0 Å². The molecule has 6 rings (SSSR count). The number of likely N-dealkylation sites (tertiary alicyclic amines) is 1. The minimum atomic E-state index is -0.259. The molecule has 35 heavy (non-hydrogen) atoms. The average molecular weight is 467 g/mol. The summed E-state index contributed by atoms with van der Waals surface area (Å²) in [7, 11) is 0. The summed E-state index contributed by atoms with van der Waals surface area (Å²) in [5.41, 5.74) is 6.02. The van der Waals surface area contributed by atoms with Gasteiger partial charge in [-0.25, -0.2) is 9.37 Å². The zero-order valence-corrected chi connectivity index (χ0v) is 19.4. The molecule has 5 aromatic rings. The SMILES string of the molecule is O=C(CCc1c(-c2ccc(F)cc2)[nH]c2ccccc12)N1CCCC(c2nc3ccccc3[nH]2)C1. The molecule has 2 aromatic heterocycles. The summed E-state index contributed by atoms with van der Waals surface area (Å²) in [6, 6.07) is 22.7. The van der Waals surface area contributed by atoms with Crippen molar-refractivity contribution in [2.45, 2.75) is 31.6 Å². The summed E-state index contributed by atoms with van der Waals surface area (Å²) in [5.74, 6) is 1.11. The van der Waals surface area contributed by atoms with E-state index in [1.807, 2.05) is 47.4 Å². The lowest BCUT2D eigenvalue weighted by Crippen LogP contribution is -2.39. The van der Waals surface area contributed by atoms with Crippen LogP contribution in [-0.2, 0) is 11.2 Å². The van der Waals surface area contributed by atoms with Crippen molar-refractivity contribution in [2.75, 3.05) is 13.1 Å². The van der Waals surface area contributed by atoms with Crippen molar-refractivity contribution >= 4 is 27.8 Å². The molecule has 2 N–H and O–H groups in total. The first-order valence-corrected chi connectivity index (χ1v) is 12.2. The molecular weight excluding hydrogens is 439 g/mol. The fraction of sp³-hybridized carbons (Fsp3) is 0.241. The van der Waals surface area contributed by atoms with Crippen LogP contribution in [0.1, 0.15) is 36.6 Å².